The Morgan fingerprint density at radius 2 is 1.86 bits per heavy atom. The molecule has 0 aliphatic carbocycles. The summed E-state index contributed by atoms with van der Waals surface area (Å²) in [6.45, 7) is 5.97. The largest absolute Gasteiger partial charge is 0.497 e. The van der Waals surface area contributed by atoms with Crippen molar-refractivity contribution in [3.05, 3.63) is 81.7 Å². The van der Waals surface area contributed by atoms with Crippen LogP contribution in [0.15, 0.2) is 53.3 Å². The number of ether oxygens (including phenoxy) is 2. The molecule has 9 nitrogen and oxygen atoms in total. The zero-order valence-electron chi connectivity index (χ0n) is 20.9. The fraction of sp³-hybridized carbons (Fsp3) is 0.385. The molecule has 190 valence electrons. The third-order valence-corrected chi connectivity index (χ3v) is 6.16. The Kier molecular flexibility index (Phi) is 8.07. The molecule has 36 heavy (non-hydrogen) atoms. The third-order valence-electron chi connectivity index (χ3n) is 6.16. The highest BCUT2D eigenvalue weighted by atomic mass is 19.1. The van der Waals surface area contributed by atoms with Gasteiger partial charge in [-0.3, -0.25) is 9.69 Å². The van der Waals surface area contributed by atoms with E-state index in [1.807, 2.05) is 18.2 Å². The van der Waals surface area contributed by atoms with Crippen LogP contribution in [0.1, 0.15) is 36.8 Å². The lowest BCUT2D eigenvalue weighted by Crippen LogP contribution is -2.35. The van der Waals surface area contributed by atoms with E-state index >= 15 is 0 Å². The molecule has 0 amide bonds. The molecule has 10 heteroatoms. The highest BCUT2D eigenvalue weighted by Gasteiger charge is 2.30. The molecule has 0 aliphatic rings. The molecule has 0 saturated carbocycles. The van der Waals surface area contributed by atoms with Crippen molar-refractivity contribution in [3.8, 4) is 5.75 Å². The monoisotopic (exact) mass is 494 g/mol. The Morgan fingerprint density at radius 1 is 1.08 bits per heavy atom. The lowest BCUT2D eigenvalue weighted by molar-refractivity contribution is 0.121. The van der Waals surface area contributed by atoms with Gasteiger partial charge in [0.05, 0.1) is 31.8 Å². The smallest absolute Gasteiger partial charge is 0.252 e. The molecular formula is C26H31FN6O3. The topological polar surface area (TPSA) is 98.2 Å². The first-order chi connectivity index (χ1) is 17.4. The quantitative estimate of drug-likeness (QED) is 0.339. The summed E-state index contributed by atoms with van der Waals surface area (Å²) in [5.41, 5.74) is 2.05. The molecular weight excluding hydrogens is 463 g/mol. The lowest BCUT2D eigenvalue weighted by Gasteiger charge is -2.33. The lowest BCUT2D eigenvalue weighted by atomic mass is 9.99. The first-order valence-electron chi connectivity index (χ1n) is 11.8. The predicted molar refractivity (Wildman–Crippen MR) is 134 cm³/mol. The van der Waals surface area contributed by atoms with Gasteiger partial charge in [-0.15, -0.1) is 5.10 Å². The van der Waals surface area contributed by atoms with Gasteiger partial charge in [-0.25, -0.2) is 9.07 Å². The van der Waals surface area contributed by atoms with Crippen LogP contribution < -0.4 is 10.3 Å². The van der Waals surface area contributed by atoms with E-state index in [4.69, 9.17) is 9.47 Å². The summed E-state index contributed by atoms with van der Waals surface area (Å²) in [5.74, 6) is 1.18. The number of hydrogen-bond donors (Lipinski definition) is 1. The van der Waals surface area contributed by atoms with Gasteiger partial charge in [-0.2, -0.15) is 0 Å². The second kappa shape index (κ2) is 11.4. The number of aromatic amines is 1. The summed E-state index contributed by atoms with van der Waals surface area (Å²) in [4.78, 5) is 18.3. The second-order valence-electron chi connectivity index (χ2n) is 9.05. The fourth-order valence-corrected chi connectivity index (χ4v) is 4.41. The molecule has 2 heterocycles. The molecule has 0 bridgehead atoms. The van der Waals surface area contributed by atoms with E-state index in [-0.39, 0.29) is 23.3 Å². The Balaban J connectivity index is 1.75. The number of halogens is 1. The summed E-state index contributed by atoms with van der Waals surface area (Å²) in [7, 11) is 3.22. The number of nitrogens with one attached hydrogen (secondary N) is 1. The van der Waals surface area contributed by atoms with Gasteiger partial charge in [-0.05, 0) is 57.6 Å². The molecule has 4 aromatic rings. The number of nitrogens with zero attached hydrogens (tertiary/aromatic N) is 5. The average molecular weight is 495 g/mol. The number of tetrazole rings is 1. The zero-order chi connectivity index (χ0) is 25.7. The molecule has 2 aromatic heterocycles. The molecule has 1 atom stereocenters. The Labute approximate surface area is 208 Å². The number of fused-ring (bicyclic) bond motifs is 1. The second-order valence-corrected chi connectivity index (χ2v) is 9.05. The molecule has 0 radical (unpaired) electrons. The Morgan fingerprint density at radius 3 is 2.56 bits per heavy atom. The molecule has 2 aromatic carbocycles. The van der Waals surface area contributed by atoms with E-state index < -0.39 is 0 Å². The van der Waals surface area contributed by atoms with Crippen molar-refractivity contribution in [1.82, 2.24) is 30.1 Å². The highest BCUT2D eigenvalue weighted by Crippen LogP contribution is 2.30. The number of hydrogen-bond acceptors (Lipinski definition) is 7. The van der Waals surface area contributed by atoms with Gasteiger partial charge in [0, 0.05) is 31.8 Å². The van der Waals surface area contributed by atoms with E-state index in [1.54, 1.807) is 37.1 Å². The van der Waals surface area contributed by atoms with Crippen molar-refractivity contribution in [1.29, 1.82) is 0 Å². The maximum Gasteiger partial charge on any atom is 0.252 e. The number of benzene rings is 2. The first-order valence-corrected chi connectivity index (χ1v) is 11.8. The van der Waals surface area contributed by atoms with Gasteiger partial charge in [0.25, 0.3) is 5.56 Å². The Bertz CT molecular complexity index is 1350. The van der Waals surface area contributed by atoms with Crippen LogP contribution in [-0.4, -0.2) is 50.9 Å². The number of H-pyrrole nitrogens is 1. The number of methoxy groups -OCH3 is 2. The van der Waals surface area contributed by atoms with Crippen LogP contribution in [0.3, 0.4) is 0 Å². The van der Waals surface area contributed by atoms with Gasteiger partial charge in [0.1, 0.15) is 11.6 Å². The van der Waals surface area contributed by atoms with Crippen LogP contribution >= 0.6 is 0 Å². The number of pyridine rings is 1. The molecule has 4 rings (SSSR count). The fourth-order valence-electron chi connectivity index (χ4n) is 4.41. The van der Waals surface area contributed by atoms with Crippen LogP contribution in [0, 0.1) is 11.7 Å². The number of aromatic nitrogens is 5. The van der Waals surface area contributed by atoms with Gasteiger partial charge < -0.3 is 14.5 Å². The summed E-state index contributed by atoms with van der Waals surface area (Å²) in [6.07, 6.45) is 0. The van der Waals surface area contributed by atoms with Crippen molar-refractivity contribution in [2.45, 2.75) is 39.5 Å². The van der Waals surface area contributed by atoms with Gasteiger partial charge in [0.2, 0.25) is 0 Å². The maximum atomic E-state index is 13.6. The van der Waals surface area contributed by atoms with Crippen molar-refractivity contribution >= 4 is 10.9 Å². The average Bonchev–Trinajstić information content (AvgIpc) is 3.31. The molecule has 0 saturated heterocycles. The molecule has 0 spiro atoms. The zero-order valence-corrected chi connectivity index (χ0v) is 20.9. The van der Waals surface area contributed by atoms with E-state index in [1.165, 1.54) is 12.1 Å². The summed E-state index contributed by atoms with van der Waals surface area (Å²) < 4.78 is 25.8. The van der Waals surface area contributed by atoms with Crippen LogP contribution in [0.4, 0.5) is 4.39 Å². The standard InChI is InChI=1S/C26H31FN6O3/c1-17(2)24(25-29-30-31-33(25)11-12-35-3)32(15-18-5-8-21(27)9-6-18)16-20-13-19-7-10-22(36-4)14-23(19)28-26(20)34/h5-10,13-14,17,24H,11-12,15-16H2,1-4H3,(H,28,34). The minimum absolute atomic E-state index is 0.113. The SMILES string of the molecule is COCCn1nnnc1C(C(C)C)N(Cc1ccc(F)cc1)Cc1cc2ccc(OC)cc2[nH]c1=O. The molecule has 1 unspecified atom stereocenters. The third kappa shape index (κ3) is 5.77. The van der Waals surface area contributed by atoms with Crippen LogP contribution in [-0.2, 0) is 24.4 Å². The van der Waals surface area contributed by atoms with E-state index in [9.17, 15) is 9.18 Å². The van der Waals surface area contributed by atoms with Crippen molar-refractivity contribution in [3.63, 3.8) is 0 Å². The Hall–Kier alpha value is -3.63. The summed E-state index contributed by atoms with van der Waals surface area (Å²) >= 11 is 0. The van der Waals surface area contributed by atoms with Crippen LogP contribution in [0.5, 0.6) is 5.75 Å². The van der Waals surface area contributed by atoms with Crippen molar-refractivity contribution < 1.29 is 13.9 Å². The maximum absolute atomic E-state index is 13.6. The minimum atomic E-state index is -0.296. The molecule has 1 N–H and O–H groups in total. The van der Waals surface area contributed by atoms with Crippen LogP contribution in [0.25, 0.3) is 10.9 Å². The van der Waals surface area contributed by atoms with Crippen LogP contribution in [0.2, 0.25) is 0 Å². The predicted octanol–water partition coefficient (Wildman–Crippen LogP) is 3.71. The van der Waals surface area contributed by atoms with Gasteiger partial charge in [-0.1, -0.05) is 26.0 Å². The minimum Gasteiger partial charge on any atom is -0.497 e. The van der Waals surface area contributed by atoms with E-state index in [0.717, 1.165) is 10.9 Å². The summed E-state index contributed by atoms with van der Waals surface area (Å²) in [5, 5.41) is 13.3. The summed E-state index contributed by atoms with van der Waals surface area (Å²) in [6, 6.07) is 13.7. The normalized spacial score (nSPS) is 12.5. The highest BCUT2D eigenvalue weighted by molar-refractivity contribution is 5.80. The number of rotatable bonds is 11. The van der Waals surface area contributed by atoms with Crippen molar-refractivity contribution in [2.24, 2.45) is 5.92 Å². The molecule has 0 fully saturated rings. The van der Waals surface area contributed by atoms with E-state index in [2.05, 4.69) is 39.3 Å². The van der Waals surface area contributed by atoms with Gasteiger partial charge in [0.15, 0.2) is 5.82 Å². The van der Waals surface area contributed by atoms with Gasteiger partial charge >= 0.3 is 0 Å². The first kappa shape index (κ1) is 25.5. The van der Waals surface area contributed by atoms with E-state index in [0.29, 0.717) is 48.9 Å². The van der Waals surface area contributed by atoms with Crippen molar-refractivity contribution in [2.75, 3.05) is 20.8 Å². The molecule has 0 aliphatic heterocycles.